The fourth-order valence-electron chi connectivity index (χ4n) is 4.38. The number of rotatable bonds is 16. The average Bonchev–Trinajstić information content (AvgIpc) is 3.69. The van der Waals surface area contributed by atoms with Crippen LogP contribution in [0.4, 0.5) is 9.18 Å². The van der Waals surface area contributed by atoms with Gasteiger partial charge in [0.1, 0.15) is 12.1 Å². The van der Waals surface area contributed by atoms with Crippen molar-refractivity contribution in [3.63, 3.8) is 0 Å². The van der Waals surface area contributed by atoms with Gasteiger partial charge in [-0.15, -0.1) is 16.4 Å². The van der Waals surface area contributed by atoms with Gasteiger partial charge in [0.25, 0.3) is 0 Å². The van der Waals surface area contributed by atoms with Crippen molar-refractivity contribution in [2.45, 2.75) is 50.6 Å². The van der Waals surface area contributed by atoms with E-state index in [1.54, 1.807) is 23.0 Å². The van der Waals surface area contributed by atoms with Crippen LogP contribution in [0.25, 0.3) is 16.9 Å². The Labute approximate surface area is 260 Å². The topological polar surface area (TPSA) is 197 Å². The predicted molar refractivity (Wildman–Crippen MR) is 161 cm³/mol. The van der Waals surface area contributed by atoms with Crippen LogP contribution < -0.4 is 10.6 Å². The Morgan fingerprint density at radius 1 is 0.911 bits per heavy atom. The van der Waals surface area contributed by atoms with Crippen LogP contribution in [0.1, 0.15) is 41.1 Å². The maximum Gasteiger partial charge on any atom is 0.326 e. The second kappa shape index (κ2) is 15.5. The Hall–Kier alpha value is -5.18. The van der Waals surface area contributed by atoms with Crippen molar-refractivity contribution in [1.29, 1.82) is 0 Å². The lowest BCUT2D eigenvalue weighted by Gasteiger charge is -2.18. The van der Waals surface area contributed by atoms with Gasteiger partial charge in [0.05, 0.1) is 35.0 Å². The lowest BCUT2D eigenvalue weighted by molar-refractivity contribution is -0.140. The molecule has 0 spiro atoms. The minimum atomic E-state index is -1.48. The Morgan fingerprint density at radius 2 is 1.58 bits per heavy atom. The van der Waals surface area contributed by atoms with Gasteiger partial charge >= 0.3 is 23.9 Å². The molecule has 2 aromatic carbocycles. The summed E-state index contributed by atoms with van der Waals surface area (Å²) in [6.07, 6.45) is 2.41. The highest BCUT2D eigenvalue weighted by Crippen LogP contribution is 2.25. The lowest BCUT2D eigenvalue weighted by Crippen LogP contribution is -2.51. The number of aryl methyl sites for hydroxylation is 1. The molecule has 0 saturated heterocycles. The third-order valence-electron chi connectivity index (χ3n) is 6.76. The Morgan fingerprint density at radius 3 is 2.22 bits per heavy atom. The normalized spacial score (nSPS) is 12.3. The molecule has 0 bridgehead atoms. The molecule has 0 saturated carbocycles. The van der Waals surface area contributed by atoms with E-state index < -0.39 is 49.1 Å². The number of alkyl halides is 1. The number of nitrogens with zero attached hydrogens (tertiary/aromatic N) is 4. The summed E-state index contributed by atoms with van der Waals surface area (Å²) in [5.41, 5.74) is 4.90. The molecule has 13 nitrogen and oxygen atoms in total. The number of carbonyl (C=O) groups is 4. The van der Waals surface area contributed by atoms with Crippen molar-refractivity contribution in [2.75, 3.05) is 6.67 Å². The summed E-state index contributed by atoms with van der Waals surface area (Å²) in [6, 6.07) is 11.0. The van der Waals surface area contributed by atoms with Crippen molar-refractivity contribution in [2.24, 2.45) is 0 Å². The number of carboxylic acid groups (broad SMARTS) is 3. The van der Waals surface area contributed by atoms with Gasteiger partial charge in [-0.3, -0.25) is 9.18 Å². The Balaban J connectivity index is 1.32. The van der Waals surface area contributed by atoms with E-state index in [1.807, 2.05) is 41.8 Å². The maximum atomic E-state index is 12.4. The van der Waals surface area contributed by atoms with Crippen LogP contribution in [0, 0.1) is 0 Å². The molecule has 0 unspecified atom stereocenters. The van der Waals surface area contributed by atoms with E-state index >= 15 is 0 Å². The summed E-state index contributed by atoms with van der Waals surface area (Å²) >= 11 is 1.51. The van der Waals surface area contributed by atoms with Crippen LogP contribution in [-0.4, -0.2) is 78.0 Å². The number of nitrogens with one attached hydrogen (secondary N) is 2. The highest BCUT2D eigenvalue weighted by molar-refractivity contribution is 7.10. The summed E-state index contributed by atoms with van der Waals surface area (Å²) in [5.74, 6) is -3.96. The van der Waals surface area contributed by atoms with Crippen molar-refractivity contribution in [1.82, 2.24) is 30.6 Å². The molecule has 0 fully saturated rings. The van der Waals surface area contributed by atoms with E-state index in [-0.39, 0.29) is 12.8 Å². The third-order valence-corrected chi connectivity index (χ3v) is 7.61. The zero-order valence-corrected chi connectivity index (χ0v) is 24.7. The molecule has 2 atom stereocenters. The zero-order chi connectivity index (χ0) is 32.3. The van der Waals surface area contributed by atoms with Crippen LogP contribution in [0.5, 0.6) is 0 Å². The van der Waals surface area contributed by atoms with Gasteiger partial charge in [-0.2, -0.15) is 0 Å². The van der Waals surface area contributed by atoms with Crippen LogP contribution in [0.2, 0.25) is 0 Å². The van der Waals surface area contributed by atoms with Crippen LogP contribution >= 0.6 is 11.3 Å². The van der Waals surface area contributed by atoms with Crippen LogP contribution in [0.3, 0.4) is 0 Å². The van der Waals surface area contributed by atoms with Gasteiger partial charge in [-0.05, 0) is 42.5 Å². The molecule has 4 rings (SSSR count). The van der Waals surface area contributed by atoms with Gasteiger partial charge in [0.2, 0.25) is 0 Å². The third kappa shape index (κ3) is 9.66. The molecule has 236 valence electrons. The number of hydrogen-bond donors (Lipinski definition) is 5. The number of aliphatic carboxylic acids is 3. The molecule has 4 aromatic rings. The van der Waals surface area contributed by atoms with E-state index in [1.165, 1.54) is 11.3 Å². The first-order valence-corrected chi connectivity index (χ1v) is 14.8. The quantitative estimate of drug-likeness (QED) is 0.121. The fraction of sp³-hybridized carbons (Fsp3) is 0.300. The summed E-state index contributed by atoms with van der Waals surface area (Å²) in [5, 5.41) is 42.9. The molecular weight excluding hydrogens is 607 g/mol. The molecule has 2 aromatic heterocycles. The standard InChI is InChI=1S/C30H31FN6O7S/c31-13-1-2-21-16-37(36-35-21)22-9-7-20(8-10-22)25-17-45-26(32-25)15-19-5-3-18(4-6-19)14-24(29(42)43)34-30(44)33-23(28(40)41)11-12-27(38)39/h3-10,16-17,23-24H,1-2,11-15H2,(H,38,39)(H,40,41)(H,42,43)(H2,33,34,44)/t23-,24-/m0/s1. The Bertz CT molecular complexity index is 1620. The van der Waals surface area contributed by atoms with E-state index in [9.17, 15) is 33.8 Å². The monoisotopic (exact) mass is 638 g/mol. The number of aromatic nitrogens is 4. The van der Waals surface area contributed by atoms with Crippen LogP contribution in [-0.2, 0) is 33.6 Å². The predicted octanol–water partition coefficient (Wildman–Crippen LogP) is 3.50. The van der Waals surface area contributed by atoms with Gasteiger partial charge in [-0.1, -0.05) is 41.6 Å². The molecule has 0 radical (unpaired) electrons. The summed E-state index contributed by atoms with van der Waals surface area (Å²) in [6.45, 7) is -0.394. The molecule has 15 heteroatoms. The van der Waals surface area contributed by atoms with Gasteiger partial charge < -0.3 is 26.0 Å². The molecule has 0 aliphatic heterocycles. The zero-order valence-electron chi connectivity index (χ0n) is 23.9. The minimum absolute atomic E-state index is 0.0547. The molecule has 0 aliphatic rings. The molecule has 5 N–H and O–H groups in total. The van der Waals surface area contributed by atoms with Gasteiger partial charge in [0, 0.05) is 30.2 Å². The highest BCUT2D eigenvalue weighted by atomic mass is 32.1. The number of urea groups is 1. The van der Waals surface area contributed by atoms with Crippen molar-refractivity contribution >= 4 is 35.3 Å². The number of benzene rings is 2. The second-order valence-electron chi connectivity index (χ2n) is 10.1. The summed E-state index contributed by atoms with van der Waals surface area (Å²) in [7, 11) is 0. The molecule has 2 heterocycles. The largest absolute Gasteiger partial charge is 0.481 e. The summed E-state index contributed by atoms with van der Waals surface area (Å²) < 4.78 is 14.1. The van der Waals surface area contributed by atoms with Crippen molar-refractivity contribution < 1.29 is 38.9 Å². The first-order chi connectivity index (χ1) is 21.6. The van der Waals surface area contributed by atoms with Gasteiger partial charge in [0.15, 0.2) is 0 Å². The minimum Gasteiger partial charge on any atom is -0.481 e. The van der Waals surface area contributed by atoms with E-state index in [0.717, 1.165) is 33.2 Å². The van der Waals surface area contributed by atoms with Crippen LogP contribution in [0.15, 0.2) is 60.1 Å². The van der Waals surface area contributed by atoms with Gasteiger partial charge in [-0.25, -0.2) is 24.0 Å². The average molecular weight is 639 g/mol. The first kappa shape index (κ1) is 32.7. The second-order valence-corrected chi connectivity index (χ2v) is 11.1. The number of hydrogen-bond acceptors (Lipinski definition) is 8. The lowest BCUT2D eigenvalue weighted by atomic mass is 10.0. The highest BCUT2D eigenvalue weighted by Gasteiger charge is 2.25. The van der Waals surface area contributed by atoms with E-state index in [4.69, 9.17) is 10.1 Å². The Kier molecular flexibility index (Phi) is 11.3. The molecular formula is C30H31FN6O7S. The number of thiazole rings is 1. The SMILES string of the molecule is O=C(O)CC[C@H](NC(=O)N[C@@H](Cc1ccc(Cc2nc(-c3ccc(-n4cc(CCCF)nn4)cc3)cs2)cc1)C(=O)O)C(=O)O. The summed E-state index contributed by atoms with van der Waals surface area (Å²) in [4.78, 5) is 50.8. The van der Waals surface area contributed by atoms with E-state index in [2.05, 4.69) is 20.9 Å². The fourth-order valence-corrected chi connectivity index (χ4v) is 5.22. The first-order valence-electron chi connectivity index (χ1n) is 14.0. The number of carboxylic acids is 3. The smallest absolute Gasteiger partial charge is 0.326 e. The molecule has 45 heavy (non-hydrogen) atoms. The molecule has 0 aliphatic carbocycles. The molecule has 2 amide bonds. The van der Waals surface area contributed by atoms with Crippen molar-refractivity contribution in [3.05, 3.63) is 81.9 Å². The number of carbonyl (C=O) groups excluding carboxylic acids is 1. The number of amides is 2. The number of halogens is 1. The maximum absolute atomic E-state index is 12.4. The van der Waals surface area contributed by atoms with Crippen molar-refractivity contribution in [3.8, 4) is 16.9 Å². The van der Waals surface area contributed by atoms with E-state index in [0.29, 0.717) is 24.8 Å².